The molecule has 0 fully saturated rings. The van der Waals surface area contributed by atoms with Crippen LogP contribution in [0.1, 0.15) is 18.1 Å². The van der Waals surface area contributed by atoms with E-state index in [9.17, 15) is 0 Å². The summed E-state index contributed by atoms with van der Waals surface area (Å²) in [4.78, 5) is 0. The first-order valence-corrected chi connectivity index (χ1v) is 5.39. The van der Waals surface area contributed by atoms with Gasteiger partial charge in [0.15, 0.2) is 0 Å². The van der Waals surface area contributed by atoms with Crippen LogP contribution in [-0.4, -0.2) is 0 Å². The number of hydrogen-bond donors (Lipinski definition) is 0. The third-order valence-electron chi connectivity index (χ3n) is 2.60. The SMILES string of the molecule is Cc1cccc(C2=CC(C)C=CC=C2)c1. The number of benzene rings is 1. The van der Waals surface area contributed by atoms with Gasteiger partial charge in [0.25, 0.3) is 0 Å². The van der Waals surface area contributed by atoms with Crippen molar-refractivity contribution in [3.63, 3.8) is 0 Å². The number of allylic oxidation sites excluding steroid dienone is 6. The van der Waals surface area contributed by atoms with Crippen molar-refractivity contribution in [2.75, 3.05) is 0 Å². The molecular weight excluding hydrogens is 180 g/mol. The summed E-state index contributed by atoms with van der Waals surface area (Å²) >= 11 is 0. The monoisotopic (exact) mass is 196 g/mol. The highest BCUT2D eigenvalue weighted by Crippen LogP contribution is 2.21. The molecule has 0 amide bonds. The molecule has 0 aromatic heterocycles. The average molecular weight is 196 g/mol. The Bertz CT molecular complexity index is 433. The summed E-state index contributed by atoms with van der Waals surface area (Å²) < 4.78 is 0. The minimum Gasteiger partial charge on any atom is -0.0779 e. The fourth-order valence-electron chi connectivity index (χ4n) is 1.81. The van der Waals surface area contributed by atoms with Crippen LogP contribution in [0, 0.1) is 12.8 Å². The Hall–Kier alpha value is -1.56. The Labute approximate surface area is 91.6 Å². The van der Waals surface area contributed by atoms with Crippen LogP contribution in [0.4, 0.5) is 0 Å². The molecule has 0 N–H and O–H groups in total. The molecule has 0 saturated heterocycles. The van der Waals surface area contributed by atoms with Gasteiger partial charge in [-0.2, -0.15) is 0 Å². The molecule has 0 radical (unpaired) electrons. The van der Waals surface area contributed by atoms with Crippen molar-refractivity contribution in [2.45, 2.75) is 13.8 Å². The topological polar surface area (TPSA) is 0 Å². The molecule has 0 spiro atoms. The maximum Gasteiger partial charge on any atom is -0.00696 e. The molecule has 1 aliphatic rings. The molecule has 0 aliphatic heterocycles. The lowest BCUT2D eigenvalue weighted by molar-refractivity contribution is 0.945. The van der Waals surface area contributed by atoms with Crippen molar-refractivity contribution in [3.05, 3.63) is 65.8 Å². The Balaban J connectivity index is 2.39. The highest BCUT2D eigenvalue weighted by molar-refractivity contribution is 5.75. The van der Waals surface area contributed by atoms with Crippen LogP contribution in [0.15, 0.2) is 54.6 Å². The van der Waals surface area contributed by atoms with Crippen LogP contribution >= 0.6 is 0 Å². The Morgan fingerprint density at radius 1 is 1.13 bits per heavy atom. The summed E-state index contributed by atoms with van der Waals surface area (Å²) in [5.74, 6) is 0.510. The van der Waals surface area contributed by atoms with E-state index in [4.69, 9.17) is 0 Å². The standard InChI is InChI=1S/C15H16/c1-12-6-3-4-8-14(10-12)15-9-5-7-13(2)11-15/h3-12H,1-2H3. The van der Waals surface area contributed by atoms with Gasteiger partial charge < -0.3 is 0 Å². The lowest BCUT2D eigenvalue weighted by atomic mass is 10.0. The van der Waals surface area contributed by atoms with Gasteiger partial charge in [0.05, 0.1) is 0 Å². The predicted octanol–water partition coefficient (Wildman–Crippen LogP) is 4.14. The lowest BCUT2D eigenvalue weighted by Crippen LogP contribution is -1.86. The van der Waals surface area contributed by atoms with Gasteiger partial charge in [-0.05, 0) is 24.0 Å². The summed E-state index contributed by atoms with van der Waals surface area (Å²) in [6.45, 7) is 4.34. The zero-order valence-corrected chi connectivity index (χ0v) is 9.27. The van der Waals surface area contributed by atoms with Gasteiger partial charge in [-0.3, -0.25) is 0 Å². The second-order valence-electron chi connectivity index (χ2n) is 4.09. The first-order chi connectivity index (χ1) is 7.25. The number of hydrogen-bond acceptors (Lipinski definition) is 0. The molecule has 76 valence electrons. The van der Waals surface area contributed by atoms with Crippen LogP contribution in [0.5, 0.6) is 0 Å². The normalized spacial score (nSPS) is 19.9. The lowest BCUT2D eigenvalue weighted by Gasteiger charge is -2.05. The third kappa shape index (κ3) is 2.47. The molecule has 15 heavy (non-hydrogen) atoms. The third-order valence-corrected chi connectivity index (χ3v) is 2.60. The smallest absolute Gasteiger partial charge is 0.00696 e. The number of rotatable bonds is 1. The van der Waals surface area contributed by atoms with Crippen molar-refractivity contribution < 1.29 is 0 Å². The van der Waals surface area contributed by atoms with Crippen LogP contribution in [-0.2, 0) is 0 Å². The van der Waals surface area contributed by atoms with Crippen molar-refractivity contribution in [1.82, 2.24) is 0 Å². The van der Waals surface area contributed by atoms with Crippen LogP contribution in [0.2, 0.25) is 0 Å². The van der Waals surface area contributed by atoms with E-state index in [-0.39, 0.29) is 0 Å². The summed E-state index contributed by atoms with van der Waals surface area (Å²) in [5.41, 5.74) is 3.93. The van der Waals surface area contributed by atoms with E-state index >= 15 is 0 Å². The van der Waals surface area contributed by atoms with Crippen molar-refractivity contribution in [2.24, 2.45) is 5.92 Å². The fraction of sp³-hybridized carbons (Fsp3) is 0.200. The molecule has 0 heterocycles. The molecule has 0 heteroatoms. The molecule has 1 atom stereocenters. The van der Waals surface area contributed by atoms with E-state index in [0.717, 1.165) is 0 Å². The molecule has 1 aliphatic carbocycles. The Morgan fingerprint density at radius 2 is 2.00 bits per heavy atom. The van der Waals surface area contributed by atoms with E-state index in [2.05, 4.69) is 68.5 Å². The largest absolute Gasteiger partial charge is 0.0779 e. The molecule has 0 saturated carbocycles. The van der Waals surface area contributed by atoms with Crippen LogP contribution < -0.4 is 0 Å². The predicted molar refractivity (Wildman–Crippen MR) is 66.6 cm³/mol. The minimum absolute atomic E-state index is 0.510. The van der Waals surface area contributed by atoms with E-state index in [0.29, 0.717) is 5.92 Å². The van der Waals surface area contributed by atoms with Gasteiger partial charge in [0, 0.05) is 0 Å². The van der Waals surface area contributed by atoms with Gasteiger partial charge in [-0.1, -0.05) is 67.1 Å². The maximum absolute atomic E-state index is 2.30. The molecular formula is C15H16. The quantitative estimate of drug-likeness (QED) is 0.633. The number of aryl methyl sites for hydroxylation is 1. The van der Waals surface area contributed by atoms with Gasteiger partial charge in [-0.25, -0.2) is 0 Å². The van der Waals surface area contributed by atoms with Gasteiger partial charge in [0.2, 0.25) is 0 Å². The van der Waals surface area contributed by atoms with Crippen molar-refractivity contribution in [3.8, 4) is 0 Å². The van der Waals surface area contributed by atoms with Crippen molar-refractivity contribution in [1.29, 1.82) is 0 Å². The van der Waals surface area contributed by atoms with E-state index in [1.165, 1.54) is 16.7 Å². The molecule has 2 rings (SSSR count). The highest BCUT2D eigenvalue weighted by atomic mass is 14.1. The fourth-order valence-corrected chi connectivity index (χ4v) is 1.81. The molecule has 0 bridgehead atoms. The first kappa shape index (κ1) is 9.97. The van der Waals surface area contributed by atoms with Crippen LogP contribution in [0.25, 0.3) is 5.57 Å². The molecule has 1 aromatic carbocycles. The zero-order chi connectivity index (χ0) is 10.7. The average Bonchev–Trinajstić information content (AvgIpc) is 2.43. The second kappa shape index (κ2) is 4.31. The summed E-state index contributed by atoms with van der Waals surface area (Å²) in [5, 5.41) is 0. The molecule has 1 aromatic rings. The maximum atomic E-state index is 2.30. The Kier molecular flexibility index (Phi) is 2.86. The second-order valence-corrected chi connectivity index (χ2v) is 4.09. The summed E-state index contributed by atoms with van der Waals surface area (Å²) in [6, 6.07) is 8.64. The summed E-state index contributed by atoms with van der Waals surface area (Å²) in [7, 11) is 0. The first-order valence-electron chi connectivity index (χ1n) is 5.39. The summed E-state index contributed by atoms with van der Waals surface area (Å²) in [6.07, 6.45) is 10.9. The minimum atomic E-state index is 0.510. The molecule has 1 unspecified atom stereocenters. The molecule has 0 nitrogen and oxygen atoms in total. The van der Waals surface area contributed by atoms with E-state index in [1.807, 2.05) is 0 Å². The van der Waals surface area contributed by atoms with Crippen LogP contribution in [0.3, 0.4) is 0 Å². The van der Waals surface area contributed by atoms with Crippen molar-refractivity contribution >= 4 is 5.57 Å². The van der Waals surface area contributed by atoms with Gasteiger partial charge in [0.1, 0.15) is 0 Å². The zero-order valence-electron chi connectivity index (χ0n) is 9.27. The Morgan fingerprint density at radius 3 is 2.80 bits per heavy atom. The van der Waals surface area contributed by atoms with E-state index in [1.54, 1.807) is 0 Å². The van der Waals surface area contributed by atoms with Gasteiger partial charge in [-0.15, -0.1) is 0 Å². The van der Waals surface area contributed by atoms with E-state index < -0.39 is 0 Å². The highest BCUT2D eigenvalue weighted by Gasteiger charge is 2.02. The van der Waals surface area contributed by atoms with Gasteiger partial charge >= 0.3 is 0 Å².